The molecular formula is C10H9Cl2F3N2O. The zero-order valence-corrected chi connectivity index (χ0v) is 10.5. The number of pyridine rings is 1. The third kappa shape index (κ3) is 5.55. The average molecular weight is 301 g/mol. The van der Waals surface area contributed by atoms with Gasteiger partial charge >= 0.3 is 6.18 Å². The van der Waals surface area contributed by atoms with Crippen LogP contribution in [0, 0.1) is 0 Å². The molecule has 0 unspecified atom stereocenters. The van der Waals surface area contributed by atoms with Crippen molar-refractivity contribution in [2.75, 3.05) is 6.54 Å². The van der Waals surface area contributed by atoms with E-state index in [9.17, 15) is 18.0 Å². The highest BCUT2D eigenvalue weighted by atomic mass is 35.5. The molecule has 1 rings (SSSR count). The first-order chi connectivity index (χ1) is 8.28. The summed E-state index contributed by atoms with van der Waals surface area (Å²) in [5, 5.41) is 2.43. The fourth-order valence-corrected chi connectivity index (χ4v) is 1.65. The Morgan fingerprint density at radius 2 is 1.83 bits per heavy atom. The van der Waals surface area contributed by atoms with Gasteiger partial charge in [-0.3, -0.25) is 4.79 Å². The monoisotopic (exact) mass is 300 g/mol. The van der Waals surface area contributed by atoms with E-state index in [1.165, 1.54) is 12.1 Å². The Morgan fingerprint density at radius 3 is 2.33 bits per heavy atom. The minimum Gasteiger partial charge on any atom is -0.352 e. The topological polar surface area (TPSA) is 42.0 Å². The summed E-state index contributed by atoms with van der Waals surface area (Å²) >= 11 is 11.2. The average Bonchev–Trinajstić information content (AvgIpc) is 2.21. The van der Waals surface area contributed by atoms with Gasteiger partial charge in [0.15, 0.2) is 0 Å². The van der Waals surface area contributed by atoms with Crippen LogP contribution in [0.25, 0.3) is 0 Å². The number of rotatable bonds is 4. The first-order valence-corrected chi connectivity index (χ1v) is 5.71. The standard InChI is InChI=1S/C10H9Cl2F3N2O/c11-7-4-6(5-8(12)17-7)9(18)16-3-1-2-10(13,14)15/h4-5H,1-3H2,(H,16,18). The van der Waals surface area contributed by atoms with Crippen LogP contribution >= 0.6 is 23.2 Å². The molecule has 0 bridgehead atoms. The van der Waals surface area contributed by atoms with Gasteiger partial charge in [0.2, 0.25) is 0 Å². The van der Waals surface area contributed by atoms with Gasteiger partial charge in [0.05, 0.1) is 0 Å². The van der Waals surface area contributed by atoms with Crippen molar-refractivity contribution in [3.63, 3.8) is 0 Å². The summed E-state index contributed by atoms with van der Waals surface area (Å²) in [4.78, 5) is 15.2. The number of amides is 1. The van der Waals surface area contributed by atoms with E-state index in [0.29, 0.717) is 0 Å². The van der Waals surface area contributed by atoms with Crippen molar-refractivity contribution in [1.29, 1.82) is 0 Å². The summed E-state index contributed by atoms with van der Waals surface area (Å²) in [7, 11) is 0. The van der Waals surface area contributed by atoms with Crippen LogP contribution in [-0.4, -0.2) is 23.6 Å². The van der Waals surface area contributed by atoms with E-state index in [2.05, 4.69) is 10.3 Å². The van der Waals surface area contributed by atoms with Gasteiger partial charge < -0.3 is 5.32 Å². The molecule has 0 aliphatic heterocycles. The fourth-order valence-electron chi connectivity index (χ4n) is 1.19. The molecule has 0 radical (unpaired) electrons. The molecule has 1 amide bonds. The summed E-state index contributed by atoms with van der Waals surface area (Å²) in [6.07, 6.45) is -5.33. The SMILES string of the molecule is O=C(NCCCC(F)(F)F)c1cc(Cl)nc(Cl)c1. The smallest absolute Gasteiger partial charge is 0.352 e. The van der Waals surface area contributed by atoms with Gasteiger partial charge in [-0.25, -0.2) is 4.98 Å². The third-order valence-corrected chi connectivity index (χ3v) is 2.33. The molecule has 0 fully saturated rings. The number of halogens is 5. The van der Waals surface area contributed by atoms with Crippen molar-refractivity contribution in [1.82, 2.24) is 10.3 Å². The molecule has 1 aromatic rings. The van der Waals surface area contributed by atoms with Gasteiger partial charge in [-0.2, -0.15) is 13.2 Å². The van der Waals surface area contributed by atoms with E-state index in [0.717, 1.165) is 0 Å². The number of nitrogens with zero attached hydrogens (tertiary/aromatic N) is 1. The van der Waals surface area contributed by atoms with Crippen molar-refractivity contribution < 1.29 is 18.0 Å². The zero-order chi connectivity index (χ0) is 13.8. The van der Waals surface area contributed by atoms with E-state index in [1.54, 1.807) is 0 Å². The summed E-state index contributed by atoms with van der Waals surface area (Å²) in [5.74, 6) is -0.539. The predicted octanol–water partition coefficient (Wildman–Crippen LogP) is 3.46. The van der Waals surface area contributed by atoms with Crippen LogP contribution in [-0.2, 0) is 0 Å². The highest BCUT2D eigenvalue weighted by molar-refractivity contribution is 6.33. The molecule has 0 saturated heterocycles. The molecule has 0 spiro atoms. The van der Waals surface area contributed by atoms with E-state index < -0.39 is 18.5 Å². The molecule has 18 heavy (non-hydrogen) atoms. The van der Waals surface area contributed by atoms with Crippen LogP contribution in [0.4, 0.5) is 13.2 Å². The summed E-state index contributed by atoms with van der Waals surface area (Å²) in [6, 6.07) is 2.57. The van der Waals surface area contributed by atoms with Crippen LogP contribution < -0.4 is 5.32 Å². The van der Waals surface area contributed by atoms with Gasteiger partial charge in [-0.15, -0.1) is 0 Å². The second-order valence-electron chi connectivity index (χ2n) is 3.48. The van der Waals surface area contributed by atoms with Crippen LogP contribution in [0.2, 0.25) is 10.3 Å². The minimum atomic E-state index is -4.21. The summed E-state index contributed by atoms with van der Waals surface area (Å²) < 4.78 is 35.6. The second kappa shape index (κ2) is 6.24. The minimum absolute atomic E-state index is 0.0444. The van der Waals surface area contributed by atoms with Gasteiger partial charge in [0.1, 0.15) is 10.3 Å². The van der Waals surface area contributed by atoms with E-state index in [-0.39, 0.29) is 28.8 Å². The van der Waals surface area contributed by atoms with Crippen molar-refractivity contribution in [3.05, 3.63) is 28.0 Å². The molecule has 0 saturated carbocycles. The highest BCUT2D eigenvalue weighted by Crippen LogP contribution is 2.20. The van der Waals surface area contributed by atoms with Crippen LogP contribution in [0.1, 0.15) is 23.2 Å². The molecule has 1 aromatic heterocycles. The number of nitrogens with one attached hydrogen (secondary N) is 1. The lowest BCUT2D eigenvalue weighted by atomic mass is 10.2. The first kappa shape index (κ1) is 15.0. The Balaban J connectivity index is 2.46. The number of alkyl halides is 3. The van der Waals surface area contributed by atoms with Crippen LogP contribution in [0.5, 0.6) is 0 Å². The van der Waals surface area contributed by atoms with E-state index >= 15 is 0 Å². The molecule has 0 aliphatic rings. The third-order valence-electron chi connectivity index (χ3n) is 1.95. The van der Waals surface area contributed by atoms with Crippen LogP contribution in [0.3, 0.4) is 0 Å². The fraction of sp³-hybridized carbons (Fsp3) is 0.400. The predicted molar refractivity (Wildman–Crippen MR) is 61.9 cm³/mol. The lowest BCUT2D eigenvalue weighted by Gasteiger charge is -2.07. The number of carbonyl (C=O) groups is 1. The zero-order valence-electron chi connectivity index (χ0n) is 9.02. The largest absolute Gasteiger partial charge is 0.389 e. The highest BCUT2D eigenvalue weighted by Gasteiger charge is 2.26. The van der Waals surface area contributed by atoms with Gasteiger partial charge in [0, 0.05) is 18.5 Å². The molecule has 1 heterocycles. The Labute approximate surface area is 111 Å². The number of hydrogen-bond donors (Lipinski definition) is 1. The molecule has 3 nitrogen and oxygen atoms in total. The van der Waals surface area contributed by atoms with Crippen molar-refractivity contribution in [2.45, 2.75) is 19.0 Å². The summed E-state index contributed by atoms with van der Waals surface area (Å²) in [6.45, 7) is -0.0735. The molecule has 0 aromatic carbocycles. The number of carbonyl (C=O) groups excluding carboxylic acids is 1. The lowest BCUT2D eigenvalue weighted by Crippen LogP contribution is -2.25. The maximum absolute atomic E-state index is 11.9. The molecule has 8 heteroatoms. The maximum Gasteiger partial charge on any atom is 0.389 e. The van der Waals surface area contributed by atoms with Crippen molar-refractivity contribution in [3.8, 4) is 0 Å². The van der Waals surface area contributed by atoms with Gasteiger partial charge in [-0.05, 0) is 18.6 Å². The van der Waals surface area contributed by atoms with Gasteiger partial charge in [-0.1, -0.05) is 23.2 Å². The lowest BCUT2D eigenvalue weighted by molar-refractivity contribution is -0.135. The van der Waals surface area contributed by atoms with Crippen LogP contribution in [0.15, 0.2) is 12.1 Å². The molecule has 100 valence electrons. The maximum atomic E-state index is 11.9. The Hall–Kier alpha value is -1.01. The van der Waals surface area contributed by atoms with E-state index in [4.69, 9.17) is 23.2 Å². The number of aromatic nitrogens is 1. The second-order valence-corrected chi connectivity index (χ2v) is 4.25. The molecule has 0 atom stereocenters. The Kier molecular flexibility index (Phi) is 5.22. The Morgan fingerprint density at radius 1 is 1.28 bits per heavy atom. The van der Waals surface area contributed by atoms with Gasteiger partial charge in [0.25, 0.3) is 5.91 Å². The summed E-state index contributed by atoms with van der Waals surface area (Å²) in [5.41, 5.74) is 0.159. The molecular weight excluding hydrogens is 292 g/mol. The van der Waals surface area contributed by atoms with Crippen molar-refractivity contribution >= 4 is 29.1 Å². The first-order valence-electron chi connectivity index (χ1n) is 4.96. The quantitative estimate of drug-likeness (QED) is 0.683. The molecule has 1 N–H and O–H groups in total. The Bertz CT molecular complexity index is 417. The number of hydrogen-bond acceptors (Lipinski definition) is 2. The van der Waals surface area contributed by atoms with E-state index in [1.807, 2.05) is 0 Å². The molecule has 0 aliphatic carbocycles. The normalized spacial score (nSPS) is 11.4. The van der Waals surface area contributed by atoms with Crippen molar-refractivity contribution in [2.24, 2.45) is 0 Å².